The molecule has 1 aromatic carbocycles. The van der Waals surface area contributed by atoms with Gasteiger partial charge < -0.3 is 15.6 Å². The van der Waals surface area contributed by atoms with Gasteiger partial charge in [0.05, 0.1) is 0 Å². The third-order valence-electron chi connectivity index (χ3n) is 5.21. The molecule has 8 heteroatoms. The van der Waals surface area contributed by atoms with Gasteiger partial charge in [0, 0.05) is 41.1 Å². The van der Waals surface area contributed by atoms with Crippen LogP contribution in [0.5, 0.6) is 0 Å². The van der Waals surface area contributed by atoms with Gasteiger partial charge >= 0.3 is 0 Å². The van der Waals surface area contributed by atoms with E-state index in [0.717, 1.165) is 53.8 Å². The van der Waals surface area contributed by atoms with Crippen LogP contribution in [-0.4, -0.2) is 40.3 Å². The van der Waals surface area contributed by atoms with E-state index in [1.165, 1.54) is 0 Å². The topological polar surface area (TPSA) is 74.7 Å². The molecule has 144 valence electrons. The van der Waals surface area contributed by atoms with Gasteiger partial charge in [-0.1, -0.05) is 11.6 Å². The molecule has 0 aliphatic carbocycles. The van der Waals surface area contributed by atoms with E-state index in [1.54, 1.807) is 6.20 Å². The molecule has 2 aromatic heterocycles. The number of aromatic amines is 1. The van der Waals surface area contributed by atoms with Crippen LogP contribution in [0.1, 0.15) is 18.4 Å². The molecule has 1 aliphatic heterocycles. The first kappa shape index (κ1) is 19.7. The molecule has 1 aliphatic rings. The van der Waals surface area contributed by atoms with Crippen LogP contribution >= 0.6 is 24.0 Å². The van der Waals surface area contributed by atoms with Crippen molar-refractivity contribution in [2.45, 2.75) is 24.8 Å². The monoisotopic (exact) mass is 407 g/mol. The fourth-order valence-corrected chi connectivity index (χ4v) is 3.93. The van der Waals surface area contributed by atoms with Crippen LogP contribution in [0.15, 0.2) is 42.9 Å². The minimum atomic E-state index is -0.599. The maximum atomic E-state index is 13.0. The first-order chi connectivity index (χ1) is 12.7. The lowest BCUT2D eigenvalue weighted by Gasteiger charge is -2.36. The highest BCUT2D eigenvalue weighted by molar-refractivity contribution is 6.31. The Morgan fingerprint density at radius 2 is 2.15 bits per heavy atom. The number of carbonyl (C=O) groups is 1. The van der Waals surface area contributed by atoms with Gasteiger partial charge in [0.1, 0.15) is 5.54 Å². The summed E-state index contributed by atoms with van der Waals surface area (Å²) in [6.45, 7) is 2.21. The van der Waals surface area contributed by atoms with E-state index in [4.69, 9.17) is 11.6 Å². The molecule has 6 nitrogen and oxygen atoms in total. The quantitative estimate of drug-likeness (QED) is 0.608. The highest BCUT2D eigenvalue weighted by Crippen LogP contribution is 2.27. The van der Waals surface area contributed by atoms with Crippen LogP contribution in [0.25, 0.3) is 10.9 Å². The van der Waals surface area contributed by atoms with Crippen LogP contribution in [-0.2, 0) is 16.8 Å². The summed E-state index contributed by atoms with van der Waals surface area (Å²) < 4.78 is 1.81. The number of halogens is 2. The van der Waals surface area contributed by atoms with Gasteiger partial charge in [-0.25, -0.2) is 0 Å². The molecule has 0 bridgehead atoms. The fourth-order valence-electron chi connectivity index (χ4n) is 3.76. The number of nitrogens with zero attached hydrogens (tertiary/aromatic N) is 2. The number of benzene rings is 1. The van der Waals surface area contributed by atoms with Gasteiger partial charge in [0.15, 0.2) is 0 Å². The first-order valence-electron chi connectivity index (χ1n) is 8.94. The highest BCUT2D eigenvalue weighted by atomic mass is 35.5. The predicted molar refractivity (Wildman–Crippen MR) is 110 cm³/mol. The third kappa shape index (κ3) is 3.83. The molecule has 27 heavy (non-hydrogen) atoms. The Bertz CT molecular complexity index is 900. The fraction of sp³-hybridized carbons (Fsp3) is 0.368. The van der Waals surface area contributed by atoms with Gasteiger partial charge in [0.25, 0.3) is 0 Å². The first-order valence-corrected chi connectivity index (χ1v) is 9.31. The van der Waals surface area contributed by atoms with Crippen molar-refractivity contribution < 1.29 is 4.79 Å². The van der Waals surface area contributed by atoms with Crippen LogP contribution < -0.4 is 10.6 Å². The summed E-state index contributed by atoms with van der Waals surface area (Å²) in [6, 6.07) is 7.67. The lowest BCUT2D eigenvalue weighted by atomic mass is 9.87. The smallest absolute Gasteiger partial charge is 0.248 e. The maximum absolute atomic E-state index is 13.0. The summed E-state index contributed by atoms with van der Waals surface area (Å²) in [7, 11) is 0. The molecule has 0 radical (unpaired) electrons. The Balaban J connectivity index is 0.00000210. The van der Waals surface area contributed by atoms with Gasteiger partial charge in [-0.3, -0.25) is 9.48 Å². The van der Waals surface area contributed by atoms with E-state index in [1.807, 2.05) is 41.3 Å². The zero-order valence-corrected chi connectivity index (χ0v) is 16.4. The van der Waals surface area contributed by atoms with Crippen molar-refractivity contribution in [1.82, 2.24) is 25.4 Å². The van der Waals surface area contributed by atoms with Crippen molar-refractivity contribution in [2.75, 3.05) is 19.6 Å². The highest BCUT2D eigenvalue weighted by Gasteiger charge is 2.41. The normalized spacial score (nSPS) is 16.0. The standard InChI is InChI=1S/C19H22ClN5O.ClH/c20-15-2-3-17-16(12-15)14(13-23-17)4-8-22-18(26)19(5-9-21-10-6-19)25-11-1-7-24-25;/h1-3,7,11-13,21,23H,4-6,8-10H2,(H,22,26);1H. The molecule has 4 rings (SSSR count). The van der Waals surface area contributed by atoms with Gasteiger partial charge in [0.2, 0.25) is 5.91 Å². The molecule has 1 saturated heterocycles. The summed E-state index contributed by atoms with van der Waals surface area (Å²) in [4.78, 5) is 16.3. The van der Waals surface area contributed by atoms with Crippen LogP contribution in [0.2, 0.25) is 5.02 Å². The molecule has 3 aromatic rings. The zero-order chi connectivity index (χ0) is 18.0. The average molecular weight is 408 g/mol. The molecule has 1 fully saturated rings. The molecular formula is C19H23Cl2N5O. The van der Waals surface area contributed by atoms with E-state index >= 15 is 0 Å². The van der Waals surface area contributed by atoms with Crippen LogP contribution in [0.4, 0.5) is 0 Å². The van der Waals surface area contributed by atoms with Gasteiger partial charge in [-0.05, 0) is 62.2 Å². The van der Waals surface area contributed by atoms with E-state index in [-0.39, 0.29) is 18.3 Å². The molecule has 0 saturated carbocycles. The SMILES string of the molecule is Cl.O=C(NCCc1c[nH]c2ccc(Cl)cc12)C1(n2cccn2)CCNCC1. The van der Waals surface area contributed by atoms with Crippen molar-refractivity contribution in [3.05, 3.63) is 53.4 Å². The Kier molecular flexibility index (Phi) is 6.09. The van der Waals surface area contributed by atoms with Crippen molar-refractivity contribution in [3.63, 3.8) is 0 Å². The van der Waals surface area contributed by atoms with Crippen molar-refractivity contribution in [3.8, 4) is 0 Å². The number of aromatic nitrogens is 3. The maximum Gasteiger partial charge on any atom is 0.248 e. The number of fused-ring (bicyclic) bond motifs is 1. The van der Waals surface area contributed by atoms with Crippen LogP contribution in [0, 0.1) is 0 Å². The molecular weight excluding hydrogens is 385 g/mol. The molecule has 0 spiro atoms. The van der Waals surface area contributed by atoms with Crippen LogP contribution in [0.3, 0.4) is 0 Å². The largest absolute Gasteiger partial charge is 0.361 e. The predicted octanol–water partition coefficient (Wildman–Crippen LogP) is 2.88. The molecule has 0 unspecified atom stereocenters. The number of hydrogen-bond acceptors (Lipinski definition) is 3. The summed E-state index contributed by atoms with van der Waals surface area (Å²) in [5.41, 5.74) is 1.61. The number of hydrogen-bond donors (Lipinski definition) is 3. The Labute approximate surface area is 169 Å². The molecule has 3 heterocycles. The summed E-state index contributed by atoms with van der Waals surface area (Å²) in [6.07, 6.45) is 7.83. The summed E-state index contributed by atoms with van der Waals surface area (Å²) in [5.74, 6) is 0.0422. The average Bonchev–Trinajstić information content (AvgIpc) is 3.33. The van der Waals surface area contributed by atoms with Gasteiger partial charge in [-0.2, -0.15) is 5.10 Å². The number of piperidine rings is 1. The second kappa shape index (κ2) is 8.33. The van der Waals surface area contributed by atoms with E-state index in [2.05, 4.69) is 20.7 Å². The van der Waals surface area contributed by atoms with Gasteiger partial charge in [-0.15, -0.1) is 12.4 Å². The number of carbonyl (C=O) groups excluding carboxylic acids is 1. The summed E-state index contributed by atoms with van der Waals surface area (Å²) in [5, 5.41) is 12.6. The minimum Gasteiger partial charge on any atom is -0.361 e. The second-order valence-corrected chi connectivity index (χ2v) is 7.18. The molecule has 3 N–H and O–H groups in total. The Hall–Kier alpha value is -2.02. The number of rotatable bonds is 5. The minimum absolute atomic E-state index is 0. The van der Waals surface area contributed by atoms with E-state index in [9.17, 15) is 4.79 Å². The number of nitrogens with one attached hydrogen (secondary N) is 3. The lowest BCUT2D eigenvalue weighted by Crippen LogP contribution is -2.54. The molecule has 0 atom stereocenters. The van der Waals surface area contributed by atoms with E-state index < -0.39 is 5.54 Å². The van der Waals surface area contributed by atoms with Crippen molar-refractivity contribution >= 4 is 40.8 Å². The molecule has 1 amide bonds. The van der Waals surface area contributed by atoms with Crippen molar-refractivity contribution in [1.29, 1.82) is 0 Å². The third-order valence-corrected chi connectivity index (χ3v) is 5.44. The number of amides is 1. The zero-order valence-electron chi connectivity index (χ0n) is 14.9. The Morgan fingerprint density at radius 3 is 2.89 bits per heavy atom. The van der Waals surface area contributed by atoms with E-state index in [0.29, 0.717) is 6.54 Å². The summed E-state index contributed by atoms with van der Waals surface area (Å²) >= 11 is 6.11. The lowest BCUT2D eigenvalue weighted by molar-refractivity contribution is -0.131. The Morgan fingerprint density at radius 1 is 1.33 bits per heavy atom. The second-order valence-electron chi connectivity index (χ2n) is 6.74. The number of H-pyrrole nitrogens is 1. The van der Waals surface area contributed by atoms with Crippen molar-refractivity contribution in [2.24, 2.45) is 0 Å².